The number of fused-ring (bicyclic) bond motifs is 1. The van der Waals surface area contributed by atoms with Gasteiger partial charge in [0.15, 0.2) is 0 Å². The SMILES string of the molecule is CCCCCCCCc1ccc2c(C(=O)O)c(CCCCCCCC)ccc2c1. The summed E-state index contributed by atoms with van der Waals surface area (Å²) in [6.07, 6.45) is 17.1. The molecular formula is C27H40O2. The summed E-state index contributed by atoms with van der Waals surface area (Å²) in [5.74, 6) is -0.791. The highest BCUT2D eigenvalue weighted by Crippen LogP contribution is 2.26. The number of carbonyl (C=O) groups is 1. The van der Waals surface area contributed by atoms with Crippen molar-refractivity contribution in [2.75, 3.05) is 0 Å². The summed E-state index contributed by atoms with van der Waals surface area (Å²) in [4.78, 5) is 12.0. The number of aryl methyl sites for hydroxylation is 2. The van der Waals surface area contributed by atoms with E-state index in [0.717, 1.165) is 35.6 Å². The van der Waals surface area contributed by atoms with Gasteiger partial charge in [0, 0.05) is 0 Å². The first-order chi connectivity index (χ1) is 14.2. The topological polar surface area (TPSA) is 37.3 Å². The Morgan fingerprint density at radius 2 is 1.31 bits per heavy atom. The van der Waals surface area contributed by atoms with Crippen LogP contribution in [0.5, 0.6) is 0 Å². The lowest BCUT2D eigenvalue weighted by Gasteiger charge is -2.11. The Morgan fingerprint density at radius 1 is 0.724 bits per heavy atom. The van der Waals surface area contributed by atoms with Gasteiger partial charge in [-0.1, -0.05) is 108 Å². The number of aromatic carboxylic acids is 1. The molecule has 0 spiro atoms. The van der Waals surface area contributed by atoms with Crippen molar-refractivity contribution in [3.8, 4) is 0 Å². The molecule has 0 heterocycles. The summed E-state index contributed by atoms with van der Waals surface area (Å²) in [6.45, 7) is 4.48. The van der Waals surface area contributed by atoms with E-state index in [9.17, 15) is 9.90 Å². The monoisotopic (exact) mass is 396 g/mol. The molecule has 0 saturated heterocycles. The van der Waals surface area contributed by atoms with Crippen LogP contribution < -0.4 is 0 Å². The normalized spacial score (nSPS) is 11.2. The fourth-order valence-electron chi connectivity index (χ4n) is 4.25. The first-order valence-corrected chi connectivity index (χ1v) is 11.9. The standard InChI is InChI=1S/C27H40O2/c1-3-5-7-9-11-13-15-22-17-20-25-24(21-22)19-18-23(26(25)27(28)29)16-14-12-10-8-6-4-2/h17-21H,3-16H2,1-2H3,(H,28,29). The van der Waals surface area contributed by atoms with Gasteiger partial charge >= 0.3 is 5.97 Å². The third-order valence-corrected chi connectivity index (χ3v) is 6.00. The molecule has 2 aromatic rings. The van der Waals surface area contributed by atoms with Crippen LogP contribution in [-0.2, 0) is 12.8 Å². The van der Waals surface area contributed by atoms with Crippen molar-refractivity contribution in [1.29, 1.82) is 0 Å². The number of benzene rings is 2. The van der Waals surface area contributed by atoms with E-state index in [1.165, 1.54) is 76.2 Å². The maximum atomic E-state index is 12.0. The largest absolute Gasteiger partial charge is 0.478 e. The predicted molar refractivity (Wildman–Crippen MR) is 125 cm³/mol. The lowest BCUT2D eigenvalue weighted by atomic mass is 9.93. The predicted octanol–water partition coefficient (Wildman–Crippen LogP) is 8.34. The van der Waals surface area contributed by atoms with Gasteiger partial charge in [0.05, 0.1) is 5.56 Å². The van der Waals surface area contributed by atoms with E-state index >= 15 is 0 Å². The summed E-state index contributed by atoms with van der Waals surface area (Å²) < 4.78 is 0. The van der Waals surface area contributed by atoms with Crippen LogP contribution in [0.3, 0.4) is 0 Å². The van der Waals surface area contributed by atoms with E-state index in [2.05, 4.69) is 32.0 Å². The van der Waals surface area contributed by atoms with E-state index < -0.39 is 5.97 Å². The molecule has 0 saturated carbocycles. The van der Waals surface area contributed by atoms with Crippen molar-refractivity contribution >= 4 is 16.7 Å². The van der Waals surface area contributed by atoms with Crippen molar-refractivity contribution in [1.82, 2.24) is 0 Å². The highest BCUT2D eigenvalue weighted by molar-refractivity contribution is 6.05. The van der Waals surface area contributed by atoms with Crippen molar-refractivity contribution < 1.29 is 9.90 Å². The molecule has 1 N–H and O–H groups in total. The molecule has 0 aliphatic heterocycles. The summed E-state index contributed by atoms with van der Waals surface area (Å²) >= 11 is 0. The van der Waals surface area contributed by atoms with Gasteiger partial charge in [-0.2, -0.15) is 0 Å². The van der Waals surface area contributed by atoms with Crippen molar-refractivity contribution in [3.05, 3.63) is 47.0 Å². The van der Waals surface area contributed by atoms with Gasteiger partial charge in [-0.25, -0.2) is 4.79 Å². The molecule has 2 aromatic carbocycles. The molecule has 2 nitrogen and oxygen atoms in total. The van der Waals surface area contributed by atoms with Crippen molar-refractivity contribution in [2.45, 2.75) is 104 Å². The zero-order valence-corrected chi connectivity index (χ0v) is 18.6. The quantitative estimate of drug-likeness (QED) is 0.307. The number of carboxylic acids is 1. The Morgan fingerprint density at radius 3 is 1.93 bits per heavy atom. The first kappa shape index (κ1) is 23.4. The van der Waals surface area contributed by atoms with E-state index in [4.69, 9.17) is 0 Å². The highest BCUT2D eigenvalue weighted by Gasteiger charge is 2.14. The molecule has 29 heavy (non-hydrogen) atoms. The maximum Gasteiger partial charge on any atom is 0.336 e. The second-order valence-corrected chi connectivity index (χ2v) is 8.50. The van der Waals surface area contributed by atoms with Gasteiger partial charge in [0.1, 0.15) is 0 Å². The highest BCUT2D eigenvalue weighted by atomic mass is 16.4. The number of hydrogen-bond donors (Lipinski definition) is 1. The Kier molecular flexibility index (Phi) is 10.8. The minimum absolute atomic E-state index is 0.516. The van der Waals surface area contributed by atoms with Gasteiger partial charge in [0.2, 0.25) is 0 Å². The zero-order chi connectivity index (χ0) is 20.9. The summed E-state index contributed by atoms with van der Waals surface area (Å²) in [7, 11) is 0. The number of unbranched alkanes of at least 4 members (excludes halogenated alkanes) is 10. The second kappa shape index (κ2) is 13.4. The molecule has 0 aromatic heterocycles. The van der Waals surface area contributed by atoms with Crippen LogP contribution in [0.1, 0.15) is 112 Å². The number of hydrogen-bond acceptors (Lipinski definition) is 1. The summed E-state index contributed by atoms with van der Waals surface area (Å²) in [6, 6.07) is 10.5. The smallest absolute Gasteiger partial charge is 0.336 e. The van der Waals surface area contributed by atoms with Crippen LogP contribution in [0, 0.1) is 0 Å². The second-order valence-electron chi connectivity index (χ2n) is 8.50. The molecule has 0 aliphatic carbocycles. The van der Waals surface area contributed by atoms with Crippen LogP contribution in [0.4, 0.5) is 0 Å². The summed E-state index contributed by atoms with van der Waals surface area (Å²) in [5.41, 5.74) is 2.83. The zero-order valence-electron chi connectivity index (χ0n) is 18.6. The average Bonchev–Trinajstić information content (AvgIpc) is 2.72. The Bertz CT molecular complexity index is 748. The number of carboxylic acid groups (broad SMARTS) is 1. The third-order valence-electron chi connectivity index (χ3n) is 6.00. The first-order valence-electron chi connectivity index (χ1n) is 11.9. The molecule has 0 radical (unpaired) electrons. The van der Waals surface area contributed by atoms with E-state index in [0.29, 0.717) is 5.56 Å². The van der Waals surface area contributed by atoms with Crippen LogP contribution in [0.15, 0.2) is 30.3 Å². The van der Waals surface area contributed by atoms with Crippen LogP contribution in [0.25, 0.3) is 10.8 Å². The van der Waals surface area contributed by atoms with Gasteiger partial charge in [0.25, 0.3) is 0 Å². The molecule has 2 heteroatoms. The number of rotatable bonds is 15. The molecule has 0 unspecified atom stereocenters. The Balaban J connectivity index is 1.99. The molecule has 0 amide bonds. The fourth-order valence-corrected chi connectivity index (χ4v) is 4.25. The molecule has 0 atom stereocenters. The van der Waals surface area contributed by atoms with Crippen LogP contribution in [-0.4, -0.2) is 11.1 Å². The lowest BCUT2D eigenvalue weighted by molar-refractivity contribution is 0.0698. The molecule has 160 valence electrons. The minimum atomic E-state index is -0.791. The van der Waals surface area contributed by atoms with Crippen molar-refractivity contribution in [2.24, 2.45) is 0 Å². The molecular weight excluding hydrogens is 356 g/mol. The molecule has 2 rings (SSSR count). The average molecular weight is 397 g/mol. The van der Waals surface area contributed by atoms with E-state index in [1.807, 2.05) is 12.1 Å². The van der Waals surface area contributed by atoms with Gasteiger partial charge in [-0.3, -0.25) is 0 Å². The Labute approximate surface area is 177 Å². The third kappa shape index (κ3) is 7.84. The fraction of sp³-hybridized carbons (Fsp3) is 0.593. The van der Waals surface area contributed by atoms with Gasteiger partial charge in [-0.15, -0.1) is 0 Å². The van der Waals surface area contributed by atoms with Crippen LogP contribution in [0.2, 0.25) is 0 Å². The van der Waals surface area contributed by atoms with Gasteiger partial charge in [-0.05, 0) is 47.6 Å². The van der Waals surface area contributed by atoms with Gasteiger partial charge < -0.3 is 5.11 Å². The lowest BCUT2D eigenvalue weighted by Crippen LogP contribution is -2.04. The minimum Gasteiger partial charge on any atom is -0.478 e. The molecule has 0 bridgehead atoms. The summed E-state index contributed by atoms with van der Waals surface area (Å²) in [5, 5.41) is 11.8. The molecule has 0 aliphatic rings. The Hall–Kier alpha value is -1.83. The molecule has 0 fully saturated rings. The van der Waals surface area contributed by atoms with E-state index in [-0.39, 0.29) is 0 Å². The maximum absolute atomic E-state index is 12.0. The van der Waals surface area contributed by atoms with Crippen LogP contribution >= 0.6 is 0 Å². The van der Waals surface area contributed by atoms with Crippen molar-refractivity contribution in [3.63, 3.8) is 0 Å². The van der Waals surface area contributed by atoms with E-state index in [1.54, 1.807) is 0 Å².